The van der Waals surface area contributed by atoms with Crippen molar-refractivity contribution >= 4 is 5.91 Å². The Morgan fingerprint density at radius 1 is 1.53 bits per heavy atom. The van der Waals surface area contributed by atoms with Crippen molar-refractivity contribution in [1.29, 1.82) is 0 Å². The molecule has 0 bridgehead atoms. The second-order valence-corrected chi connectivity index (χ2v) is 4.94. The Labute approximate surface area is 112 Å². The van der Waals surface area contributed by atoms with E-state index in [9.17, 15) is 4.79 Å². The summed E-state index contributed by atoms with van der Waals surface area (Å²) in [4.78, 5) is 14.0. The highest BCUT2D eigenvalue weighted by Gasteiger charge is 2.19. The summed E-state index contributed by atoms with van der Waals surface area (Å²) >= 11 is 0. The molecule has 1 fully saturated rings. The number of carbonyl (C=O) groups excluding carboxylic acids is 1. The number of β-amino-alcohol motifs (C(OH)–C–C–N with tert-alkyl or cyclic N) is 1. The average Bonchev–Trinajstić information content (AvgIpc) is 2.90. The molecule has 7 heteroatoms. The third-order valence-electron chi connectivity index (χ3n) is 3.38. The van der Waals surface area contributed by atoms with E-state index in [0.717, 1.165) is 32.5 Å². The number of hydrogen-bond donors (Lipinski definition) is 2. The molecule has 1 aromatic heterocycles. The zero-order valence-corrected chi connectivity index (χ0v) is 11.0. The molecule has 0 radical (unpaired) electrons. The number of amides is 1. The van der Waals surface area contributed by atoms with Gasteiger partial charge in [0.05, 0.1) is 12.8 Å². The van der Waals surface area contributed by atoms with Crippen LogP contribution in [0.4, 0.5) is 0 Å². The highest BCUT2D eigenvalue weighted by molar-refractivity contribution is 5.75. The summed E-state index contributed by atoms with van der Waals surface area (Å²) < 4.78 is 1.51. The molecule has 1 atom stereocenters. The van der Waals surface area contributed by atoms with E-state index in [1.54, 1.807) is 12.4 Å². The molecule has 19 heavy (non-hydrogen) atoms. The Morgan fingerprint density at radius 2 is 2.42 bits per heavy atom. The Balaban J connectivity index is 1.68. The first-order chi connectivity index (χ1) is 9.28. The molecule has 1 saturated heterocycles. The van der Waals surface area contributed by atoms with Gasteiger partial charge in [0, 0.05) is 25.8 Å². The molecule has 0 unspecified atom stereocenters. The largest absolute Gasteiger partial charge is 0.395 e. The molecule has 1 aliphatic heterocycles. The maximum atomic E-state index is 11.7. The summed E-state index contributed by atoms with van der Waals surface area (Å²) in [5.74, 6) is 0.435. The van der Waals surface area contributed by atoms with Crippen LogP contribution in [0.2, 0.25) is 0 Å². The van der Waals surface area contributed by atoms with E-state index in [2.05, 4.69) is 20.5 Å². The summed E-state index contributed by atoms with van der Waals surface area (Å²) in [7, 11) is 0. The number of likely N-dealkylation sites (tertiary alicyclic amines) is 1. The number of hydrogen-bond acceptors (Lipinski definition) is 5. The van der Waals surface area contributed by atoms with Gasteiger partial charge in [-0.05, 0) is 25.3 Å². The normalized spacial score (nSPS) is 20.4. The van der Waals surface area contributed by atoms with Crippen molar-refractivity contribution in [1.82, 2.24) is 25.2 Å². The summed E-state index contributed by atoms with van der Waals surface area (Å²) in [5, 5.41) is 19.3. The Hall–Kier alpha value is -1.47. The fourth-order valence-electron chi connectivity index (χ4n) is 2.44. The van der Waals surface area contributed by atoms with Crippen molar-refractivity contribution in [2.24, 2.45) is 5.92 Å². The Kier molecular flexibility index (Phi) is 5.29. The number of aliphatic hydroxyl groups is 1. The van der Waals surface area contributed by atoms with E-state index in [1.165, 1.54) is 4.68 Å². The van der Waals surface area contributed by atoms with Crippen LogP contribution in [0.1, 0.15) is 12.8 Å². The molecule has 7 nitrogen and oxygen atoms in total. The minimum atomic E-state index is -0.0372. The number of aromatic nitrogens is 3. The molecule has 0 spiro atoms. The van der Waals surface area contributed by atoms with Gasteiger partial charge in [0.25, 0.3) is 0 Å². The first kappa shape index (κ1) is 14.0. The van der Waals surface area contributed by atoms with Crippen molar-refractivity contribution in [3.05, 3.63) is 12.4 Å². The van der Waals surface area contributed by atoms with E-state index in [1.807, 2.05) is 0 Å². The fourth-order valence-corrected chi connectivity index (χ4v) is 2.44. The van der Waals surface area contributed by atoms with Crippen LogP contribution in [0.3, 0.4) is 0 Å². The van der Waals surface area contributed by atoms with E-state index in [0.29, 0.717) is 12.5 Å². The molecular formula is C12H21N5O2. The minimum Gasteiger partial charge on any atom is -0.395 e. The molecule has 0 aliphatic carbocycles. The maximum Gasteiger partial charge on any atom is 0.241 e. The lowest BCUT2D eigenvalue weighted by Gasteiger charge is -2.32. The topological polar surface area (TPSA) is 83.3 Å². The summed E-state index contributed by atoms with van der Waals surface area (Å²) in [6, 6.07) is 0. The summed E-state index contributed by atoms with van der Waals surface area (Å²) in [6.45, 7) is 3.82. The van der Waals surface area contributed by atoms with Crippen molar-refractivity contribution in [2.45, 2.75) is 19.4 Å². The van der Waals surface area contributed by atoms with Gasteiger partial charge >= 0.3 is 0 Å². The van der Waals surface area contributed by atoms with Gasteiger partial charge in [0.1, 0.15) is 6.54 Å². The standard InChI is InChI=1S/C12H21N5O2/c18-7-6-16-4-1-2-11(9-16)8-13-12(19)10-17-5-3-14-15-17/h3,5,11,18H,1-2,4,6-10H2,(H,13,19)/t11-/m0/s1. The van der Waals surface area contributed by atoms with Crippen LogP contribution >= 0.6 is 0 Å². The van der Waals surface area contributed by atoms with Crippen LogP contribution in [0.15, 0.2) is 12.4 Å². The molecule has 0 aromatic carbocycles. The van der Waals surface area contributed by atoms with Crippen LogP contribution in [-0.4, -0.2) is 63.7 Å². The number of nitrogens with zero attached hydrogens (tertiary/aromatic N) is 4. The molecular weight excluding hydrogens is 246 g/mol. The highest BCUT2D eigenvalue weighted by atomic mass is 16.3. The smallest absolute Gasteiger partial charge is 0.241 e. The third-order valence-corrected chi connectivity index (χ3v) is 3.38. The predicted octanol–water partition coefficient (Wildman–Crippen LogP) is -0.901. The Morgan fingerprint density at radius 3 is 3.16 bits per heavy atom. The minimum absolute atomic E-state index is 0.0372. The van der Waals surface area contributed by atoms with Crippen molar-refractivity contribution < 1.29 is 9.90 Å². The Bertz CT molecular complexity index is 379. The van der Waals surface area contributed by atoms with Crippen LogP contribution in [0.25, 0.3) is 0 Å². The zero-order valence-electron chi connectivity index (χ0n) is 11.0. The van der Waals surface area contributed by atoms with Crippen LogP contribution in [-0.2, 0) is 11.3 Å². The molecule has 1 amide bonds. The van der Waals surface area contributed by atoms with E-state index >= 15 is 0 Å². The zero-order chi connectivity index (χ0) is 13.5. The lowest BCUT2D eigenvalue weighted by atomic mass is 9.98. The SMILES string of the molecule is O=C(Cn1ccnn1)NC[C@@H]1CCCN(CCO)C1. The molecule has 1 aliphatic rings. The van der Waals surface area contributed by atoms with Crippen LogP contribution < -0.4 is 5.32 Å². The number of nitrogens with one attached hydrogen (secondary N) is 1. The predicted molar refractivity (Wildman–Crippen MR) is 69.3 cm³/mol. The van der Waals surface area contributed by atoms with Gasteiger partial charge in [0.15, 0.2) is 0 Å². The van der Waals surface area contributed by atoms with Gasteiger partial charge < -0.3 is 15.3 Å². The maximum absolute atomic E-state index is 11.7. The monoisotopic (exact) mass is 267 g/mol. The van der Waals surface area contributed by atoms with Gasteiger partial charge in [0.2, 0.25) is 5.91 Å². The molecule has 0 saturated carbocycles. The molecule has 106 valence electrons. The molecule has 2 N–H and O–H groups in total. The van der Waals surface area contributed by atoms with Crippen molar-refractivity contribution in [3.63, 3.8) is 0 Å². The third kappa shape index (κ3) is 4.60. The number of rotatable bonds is 6. The van der Waals surface area contributed by atoms with Gasteiger partial charge in [-0.25, -0.2) is 4.68 Å². The van der Waals surface area contributed by atoms with Gasteiger partial charge in [-0.2, -0.15) is 0 Å². The first-order valence-electron chi connectivity index (χ1n) is 6.72. The molecule has 2 rings (SSSR count). The van der Waals surface area contributed by atoms with E-state index in [4.69, 9.17) is 5.11 Å². The number of aliphatic hydroxyl groups excluding tert-OH is 1. The second-order valence-electron chi connectivity index (χ2n) is 4.94. The lowest BCUT2D eigenvalue weighted by molar-refractivity contribution is -0.122. The molecule has 2 heterocycles. The summed E-state index contributed by atoms with van der Waals surface area (Å²) in [5.41, 5.74) is 0. The highest BCUT2D eigenvalue weighted by Crippen LogP contribution is 2.15. The number of piperidine rings is 1. The average molecular weight is 267 g/mol. The van der Waals surface area contributed by atoms with Gasteiger partial charge in [-0.15, -0.1) is 5.10 Å². The van der Waals surface area contributed by atoms with Gasteiger partial charge in [-0.1, -0.05) is 5.21 Å². The fraction of sp³-hybridized carbons (Fsp3) is 0.750. The van der Waals surface area contributed by atoms with Crippen molar-refractivity contribution in [2.75, 3.05) is 32.8 Å². The lowest BCUT2D eigenvalue weighted by Crippen LogP contribution is -2.42. The quantitative estimate of drug-likeness (QED) is 0.698. The van der Waals surface area contributed by atoms with Crippen LogP contribution in [0, 0.1) is 5.92 Å². The number of carbonyl (C=O) groups is 1. The first-order valence-corrected chi connectivity index (χ1v) is 6.72. The van der Waals surface area contributed by atoms with E-state index < -0.39 is 0 Å². The van der Waals surface area contributed by atoms with E-state index in [-0.39, 0.29) is 19.1 Å². The summed E-state index contributed by atoms with van der Waals surface area (Å²) in [6.07, 6.45) is 5.49. The van der Waals surface area contributed by atoms with Crippen molar-refractivity contribution in [3.8, 4) is 0 Å². The van der Waals surface area contributed by atoms with Crippen LogP contribution in [0.5, 0.6) is 0 Å². The second kappa shape index (κ2) is 7.20. The van der Waals surface area contributed by atoms with Gasteiger partial charge in [-0.3, -0.25) is 4.79 Å². The molecule has 1 aromatic rings.